The number of benzene rings is 3. The number of alkyl halides is 3. The number of halogens is 4. The highest BCUT2D eigenvalue weighted by atomic mass is 35.5. The lowest BCUT2D eigenvalue weighted by Crippen LogP contribution is -2.37. The monoisotopic (exact) mass is 617 g/mol. The first-order chi connectivity index (χ1) is 20.6. The van der Waals surface area contributed by atoms with Gasteiger partial charge in [0.1, 0.15) is 42.6 Å². The fourth-order valence-corrected chi connectivity index (χ4v) is 5.08. The second-order valence-electron chi connectivity index (χ2n) is 9.51. The lowest BCUT2D eigenvalue weighted by atomic mass is 10.0. The first-order valence-electron chi connectivity index (χ1n) is 13.1. The molecule has 0 radical (unpaired) electrons. The number of rotatable bonds is 10. The van der Waals surface area contributed by atoms with E-state index in [1.54, 1.807) is 30.3 Å². The van der Waals surface area contributed by atoms with Gasteiger partial charge in [-0.1, -0.05) is 17.7 Å². The van der Waals surface area contributed by atoms with Gasteiger partial charge in [0.25, 0.3) is 5.91 Å². The van der Waals surface area contributed by atoms with Crippen LogP contribution in [0.4, 0.5) is 24.5 Å². The normalized spacial score (nSPS) is 13.4. The maximum absolute atomic E-state index is 14.4. The number of methoxy groups -OCH3 is 2. The van der Waals surface area contributed by atoms with E-state index >= 15 is 0 Å². The number of aromatic nitrogens is 3. The Hall–Kier alpha value is -4.49. The van der Waals surface area contributed by atoms with E-state index in [1.807, 2.05) is 0 Å². The fourth-order valence-electron chi connectivity index (χ4n) is 4.91. The van der Waals surface area contributed by atoms with Crippen LogP contribution in [0.2, 0.25) is 5.02 Å². The number of aliphatic hydroxyl groups excluding tert-OH is 1. The first-order valence-corrected chi connectivity index (χ1v) is 13.4. The summed E-state index contributed by atoms with van der Waals surface area (Å²) in [5, 5.41) is 17.1. The third-order valence-corrected chi connectivity index (χ3v) is 7.11. The average molecular weight is 618 g/mol. The number of aliphatic hydroxyl groups is 1. The molecule has 0 saturated carbocycles. The van der Waals surface area contributed by atoms with Gasteiger partial charge in [-0.15, -0.1) is 0 Å². The smallest absolute Gasteiger partial charge is 0.420 e. The molecule has 0 bridgehead atoms. The molecule has 0 spiro atoms. The van der Waals surface area contributed by atoms with E-state index in [0.29, 0.717) is 39.7 Å². The quantitative estimate of drug-likeness (QED) is 0.254. The number of hydrogen-bond donors (Lipinski definition) is 2. The highest BCUT2D eigenvalue weighted by Gasteiger charge is 2.39. The number of carbonyl (C=O) groups excluding carboxylic acids is 1. The fraction of sp³-hybridized carbons (Fsp3) is 0.276. The molecule has 1 unspecified atom stereocenters. The average Bonchev–Trinajstić information content (AvgIpc) is 3.68. The van der Waals surface area contributed by atoms with Crippen molar-refractivity contribution in [3.05, 3.63) is 82.9 Å². The molecule has 0 saturated heterocycles. The van der Waals surface area contributed by atoms with Gasteiger partial charge in [0.2, 0.25) is 0 Å². The first kappa shape index (κ1) is 30.0. The largest absolute Gasteiger partial charge is 0.497 e. The van der Waals surface area contributed by atoms with Crippen LogP contribution < -0.4 is 24.4 Å². The molecular weight excluding hydrogens is 591 g/mol. The topological polar surface area (TPSA) is 111 Å². The summed E-state index contributed by atoms with van der Waals surface area (Å²) in [4.78, 5) is 19.6. The molecule has 0 aliphatic carbocycles. The molecule has 2 heterocycles. The second kappa shape index (κ2) is 12.4. The molecular formula is C29H27ClF3N5O5. The molecule has 1 aromatic heterocycles. The maximum Gasteiger partial charge on any atom is 0.420 e. The zero-order chi connectivity index (χ0) is 30.7. The lowest BCUT2D eigenvalue weighted by Gasteiger charge is -2.28. The van der Waals surface area contributed by atoms with Gasteiger partial charge in [-0.25, -0.2) is 9.67 Å². The van der Waals surface area contributed by atoms with E-state index in [0.717, 1.165) is 6.07 Å². The Balaban J connectivity index is 1.61. The minimum atomic E-state index is -4.70. The number of anilines is 2. The Labute approximate surface area is 249 Å². The summed E-state index contributed by atoms with van der Waals surface area (Å²) in [6, 6.07) is 10.9. The molecule has 1 amide bonds. The van der Waals surface area contributed by atoms with Crippen LogP contribution in [0.5, 0.6) is 17.2 Å². The Morgan fingerprint density at radius 3 is 2.60 bits per heavy atom. The van der Waals surface area contributed by atoms with E-state index in [9.17, 15) is 23.1 Å². The summed E-state index contributed by atoms with van der Waals surface area (Å²) in [6.45, 7) is -0.235. The maximum atomic E-state index is 14.4. The molecule has 3 aromatic carbocycles. The number of amides is 1. The van der Waals surface area contributed by atoms with Gasteiger partial charge in [0, 0.05) is 40.6 Å². The summed E-state index contributed by atoms with van der Waals surface area (Å²) in [5.74, 6) is -0.192. The Kier molecular flexibility index (Phi) is 8.64. The van der Waals surface area contributed by atoms with Crippen LogP contribution in [0.3, 0.4) is 0 Å². The van der Waals surface area contributed by atoms with Gasteiger partial charge in [-0.3, -0.25) is 4.79 Å². The van der Waals surface area contributed by atoms with E-state index < -0.39 is 23.7 Å². The molecule has 5 rings (SSSR count). The minimum absolute atomic E-state index is 0.0782. The zero-order valence-corrected chi connectivity index (χ0v) is 23.8. The van der Waals surface area contributed by atoms with Gasteiger partial charge in [0.05, 0.1) is 32.1 Å². The second-order valence-corrected chi connectivity index (χ2v) is 9.95. The van der Waals surface area contributed by atoms with Crippen molar-refractivity contribution in [1.29, 1.82) is 0 Å². The van der Waals surface area contributed by atoms with Crippen LogP contribution in [-0.2, 0) is 17.4 Å². The highest BCUT2D eigenvalue weighted by Crippen LogP contribution is 2.43. The Morgan fingerprint density at radius 1 is 1.12 bits per heavy atom. The standard InChI is InChI=1S/C29H27ClF3N5O5/c1-41-21-12-19(11-20(13-21)38-16-34-15-35-38)36-27(22-4-3-18(30)10-25(22)43-8-7-39)28(40)37-6-5-17-9-26(42-2)23(14-24(17)37)29(31,32)33/h3-4,9-16,27,36,39H,5-8H2,1-2H3. The molecule has 14 heteroatoms. The Morgan fingerprint density at radius 2 is 1.93 bits per heavy atom. The number of nitrogens with one attached hydrogen (secondary N) is 1. The van der Waals surface area contributed by atoms with Crippen LogP contribution in [-0.4, -0.2) is 59.8 Å². The van der Waals surface area contributed by atoms with Crippen LogP contribution in [0.1, 0.15) is 22.7 Å². The van der Waals surface area contributed by atoms with E-state index in [4.69, 9.17) is 25.8 Å². The minimum Gasteiger partial charge on any atom is -0.497 e. The van der Waals surface area contributed by atoms with E-state index in [-0.39, 0.29) is 36.9 Å². The van der Waals surface area contributed by atoms with E-state index in [1.165, 1.54) is 48.6 Å². The van der Waals surface area contributed by atoms with Crippen LogP contribution in [0, 0.1) is 0 Å². The summed E-state index contributed by atoms with van der Waals surface area (Å²) in [6.07, 6.45) is -1.51. The molecule has 2 N–H and O–H groups in total. The van der Waals surface area contributed by atoms with Gasteiger partial charge < -0.3 is 29.5 Å². The molecule has 43 heavy (non-hydrogen) atoms. The molecule has 1 atom stereocenters. The van der Waals surface area contributed by atoms with Gasteiger partial charge in [-0.05, 0) is 42.3 Å². The van der Waals surface area contributed by atoms with Crippen LogP contribution in [0.25, 0.3) is 5.69 Å². The van der Waals surface area contributed by atoms with Crippen molar-refractivity contribution < 1.29 is 37.3 Å². The molecule has 1 aliphatic rings. The predicted octanol–water partition coefficient (Wildman–Crippen LogP) is 5.07. The van der Waals surface area contributed by atoms with Gasteiger partial charge in [-0.2, -0.15) is 18.3 Å². The van der Waals surface area contributed by atoms with Crippen molar-refractivity contribution in [2.75, 3.05) is 44.2 Å². The number of ether oxygens (including phenoxy) is 3. The van der Waals surface area contributed by atoms with E-state index in [2.05, 4.69) is 15.4 Å². The highest BCUT2D eigenvalue weighted by molar-refractivity contribution is 6.30. The lowest BCUT2D eigenvalue weighted by molar-refractivity contribution is -0.138. The molecule has 4 aromatic rings. The van der Waals surface area contributed by atoms with Crippen molar-refractivity contribution in [2.24, 2.45) is 0 Å². The van der Waals surface area contributed by atoms with Crippen LogP contribution >= 0.6 is 11.6 Å². The number of fused-ring (bicyclic) bond motifs is 1. The molecule has 0 fully saturated rings. The predicted molar refractivity (Wildman–Crippen MR) is 152 cm³/mol. The Bertz CT molecular complexity index is 1620. The zero-order valence-electron chi connectivity index (χ0n) is 23.1. The van der Waals surface area contributed by atoms with Gasteiger partial charge in [0.15, 0.2) is 0 Å². The summed E-state index contributed by atoms with van der Waals surface area (Å²) < 4.78 is 59.4. The van der Waals surface area contributed by atoms with Crippen molar-refractivity contribution in [3.63, 3.8) is 0 Å². The van der Waals surface area contributed by atoms with Crippen molar-refractivity contribution in [2.45, 2.75) is 18.6 Å². The van der Waals surface area contributed by atoms with Crippen molar-refractivity contribution in [1.82, 2.24) is 14.8 Å². The molecule has 1 aliphatic heterocycles. The summed E-state index contributed by atoms with van der Waals surface area (Å²) in [5.41, 5.74) is 1.06. The third-order valence-electron chi connectivity index (χ3n) is 6.87. The number of hydrogen-bond acceptors (Lipinski definition) is 8. The van der Waals surface area contributed by atoms with Crippen molar-refractivity contribution >= 4 is 28.9 Å². The summed E-state index contributed by atoms with van der Waals surface area (Å²) in [7, 11) is 2.66. The molecule has 10 nitrogen and oxygen atoms in total. The number of carbonyl (C=O) groups is 1. The van der Waals surface area contributed by atoms with Crippen molar-refractivity contribution in [3.8, 4) is 22.9 Å². The third kappa shape index (κ3) is 6.32. The summed E-state index contributed by atoms with van der Waals surface area (Å²) >= 11 is 6.23. The SMILES string of the molecule is COc1cc(NC(C(=O)N2CCc3cc(OC)c(C(F)(F)F)cc32)c2ccc(Cl)cc2OCCO)cc(-n2cncn2)c1. The number of nitrogens with zero attached hydrogens (tertiary/aromatic N) is 4. The van der Waals surface area contributed by atoms with Crippen LogP contribution in [0.15, 0.2) is 61.2 Å². The van der Waals surface area contributed by atoms with Gasteiger partial charge >= 0.3 is 6.18 Å². The molecule has 226 valence electrons.